The maximum Gasteiger partial charge on any atom is 0.123 e. The average Bonchev–Trinajstić information content (AvgIpc) is 2.57. The van der Waals surface area contributed by atoms with Gasteiger partial charge in [0.2, 0.25) is 0 Å². The number of aromatic hydroxyl groups is 1. The van der Waals surface area contributed by atoms with Crippen LogP contribution in [0, 0.1) is 0 Å². The van der Waals surface area contributed by atoms with Gasteiger partial charge in [-0.05, 0) is 32.6 Å². The van der Waals surface area contributed by atoms with Crippen molar-refractivity contribution in [2.45, 2.75) is 13.0 Å². The lowest BCUT2D eigenvalue weighted by Gasteiger charge is -2.20. The third-order valence-electron chi connectivity index (χ3n) is 3.50. The molecule has 1 aromatic rings. The minimum atomic E-state index is 0.326. The summed E-state index contributed by atoms with van der Waals surface area (Å²) in [4.78, 5) is 4.75. The Balaban J connectivity index is 2.00. The Bertz CT molecular complexity index is 395. The highest BCUT2D eigenvalue weighted by Gasteiger charge is 2.14. The molecule has 1 heterocycles. The van der Waals surface area contributed by atoms with Crippen molar-refractivity contribution in [3.05, 3.63) is 23.8 Å². The van der Waals surface area contributed by atoms with Crippen molar-refractivity contribution < 1.29 is 9.84 Å². The fourth-order valence-corrected chi connectivity index (χ4v) is 2.30. The number of hydrogen-bond donors (Lipinski definition) is 1. The fourth-order valence-electron chi connectivity index (χ4n) is 2.30. The highest BCUT2D eigenvalue weighted by atomic mass is 16.5. The van der Waals surface area contributed by atoms with Crippen molar-refractivity contribution in [3.8, 4) is 11.5 Å². The van der Waals surface area contributed by atoms with E-state index >= 15 is 0 Å². The molecule has 1 fully saturated rings. The van der Waals surface area contributed by atoms with E-state index in [0.29, 0.717) is 11.5 Å². The first-order valence-electron chi connectivity index (χ1n) is 6.46. The smallest absolute Gasteiger partial charge is 0.123 e. The molecule has 0 unspecified atom stereocenters. The molecule has 1 aliphatic rings. The van der Waals surface area contributed by atoms with Gasteiger partial charge in [0.25, 0.3) is 0 Å². The molecule has 1 aliphatic heterocycles. The lowest BCUT2D eigenvalue weighted by molar-refractivity contribution is 0.265. The largest absolute Gasteiger partial charge is 0.507 e. The van der Waals surface area contributed by atoms with Gasteiger partial charge < -0.3 is 14.7 Å². The van der Waals surface area contributed by atoms with E-state index in [2.05, 4.69) is 16.8 Å². The molecule has 0 aliphatic carbocycles. The van der Waals surface area contributed by atoms with Gasteiger partial charge in [-0.15, -0.1) is 0 Å². The zero-order valence-electron chi connectivity index (χ0n) is 11.2. The SMILES string of the molecule is COc1ccc(CN2CCCN(C)CC2)c(O)c1. The molecule has 1 saturated heterocycles. The minimum absolute atomic E-state index is 0.326. The van der Waals surface area contributed by atoms with E-state index in [4.69, 9.17) is 4.74 Å². The molecule has 1 aromatic carbocycles. The Morgan fingerprint density at radius 3 is 2.78 bits per heavy atom. The summed E-state index contributed by atoms with van der Waals surface area (Å²) in [6.45, 7) is 5.21. The molecule has 0 saturated carbocycles. The average molecular weight is 250 g/mol. The molecule has 4 heteroatoms. The van der Waals surface area contributed by atoms with Crippen LogP contribution in [0.25, 0.3) is 0 Å². The van der Waals surface area contributed by atoms with Crippen LogP contribution in [-0.4, -0.2) is 55.2 Å². The van der Waals surface area contributed by atoms with E-state index < -0.39 is 0 Å². The highest BCUT2D eigenvalue weighted by molar-refractivity contribution is 5.39. The molecule has 0 amide bonds. The lowest BCUT2D eigenvalue weighted by atomic mass is 10.1. The zero-order chi connectivity index (χ0) is 13.0. The van der Waals surface area contributed by atoms with E-state index in [0.717, 1.165) is 38.3 Å². The lowest BCUT2D eigenvalue weighted by Crippen LogP contribution is -2.28. The van der Waals surface area contributed by atoms with Crippen LogP contribution in [-0.2, 0) is 6.54 Å². The number of likely N-dealkylation sites (N-methyl/N-ethyl adjacent to an activating group) is 1. The summed E-state index contributed by atoms with van der Waals surface area (Å²) in [6.07, 6.45) is 1.19. The van der Waals surface area contributed by atoms with Crippen LogP contribution < -0.4 is 4.74 Å². The van der Waals surface area contributed by atoms with Crippen LogP contribution in [0.1, 0.15) is 12.0 Å². The van der Waals surface area contributed by atoms with E-state index in [1.165, 1.54) is 6.42 Å². The molecular weight excluding hydrogens is 228 g/mol. The normalized spacial score (nSPS) is 18.6. The fraction of sp³-hybridized carbons (Fsp3) is 0.571. The predicted molar refractivity (Wildman–Crippen MR) is 72.0 cm³/mol. The van der Waals surface area contributed by atoms with Crippen LogP contribution in [0.3, 0.4) is 0 Å². The number of ether oxygens (including phenoxy) is 1. The molecule has 0 radical (unpaired) electrons. The molecule has 4 nitrogen and oxygen atoms in total. The van der Waals surface area contributed by atoms with E-state index in [1.807, 2.05) is 12.1 Å². The molecule has 100 valence electrons. The van der Waals surface area contributed by atoms with Crippen molar-refractivity contribution in [1.29, 1.82) is 0 Å². The number of phenolic OH excluding ortho intramolecular Hbond substituents is 1. The third-order valence-corrected chi connectivity index (χ3v) is 3.50. The van der Waals surface area contributed by atoms with Gasteiger partial charge in [0.1, 0.15) is 11.5 Å². The summed E-state index contributed by atoms with van der Waals surface area (Å²) in [5.74, 6) is 1.03. The summed E-state index contributed by atoms with van der Waals surface area (Å²) in [5.41, 5.74) is 0.973. The molecule has 2 rings (SSSR count). The number of nitrogens with zero attached hydrogens (tertiary/aromatic N) is 2. The van der Waals surface area contributed by atoms with E-state index in [1.54, 1.807) is 13.2 Å². The quantitative estimate of drug-likeness (QED) is 0.882. The van der Waals surface area contributed by atoms with Crippen molar-refractivity contribution in [2.75, 3.05) is 40.3 Å². The van der Waals surface area contributed by atoms with E-state index in [-0.39, 0.29) is 0 Å². The molecular formula is C14H22N2O2. The van der Waals surface area contributed by atoms with Gasteiger partial charge >= 0.3 is 0 Å². The number of rotatable bonds is 3. The van der Waals surface area contributed by atoms with Crippen molar-refractivity contribution >= 4 is 0 Å². The Labute approximate surface area is 109 Å². The molecule has 0 spiro atoms. The first kappa shape index (κ1) is 13.2. The molecule has 18 heavy (non-hydrogen) atoms. The predicted octanol–water partition coefficient (Wildman–Crippen LogP) is 1.54. The number of methoxy groups -OCH3 is 1. The topological polar surface area (TPSA) is 35.9 Å². The summed E-state index contributed by atoms with van der Waals surface area (Å²) in [6, 6.07) is 5.53. The van der Waals surface area contributed by atoms with Gasteiger partial charge in [-0.3, -0.25) is 4.90 Å². The minimum Gasteiger partial charge on any atom is -0.507 e. The van der Waals surface area contributed by atoms with Gasteiger partial charge in [0.15, 0.2) is 0 Å². The van der Waals surface area contributed by atoms with Gasteiger partial charge in [0, 0.05) is 31.3 Å². The molecule has 1 N–H and O–H groups in total. The second-order valence-electron chi connectivity index (χ2n) is 4.93. The first-order chi connectivity index (χ1) is 8.69. The van der Waals surface area contributed by atoms with Gasteiger partial charge in [-0.1, -0.05) is 6.07 Å². The first-order valence-corrected chi connectivity index (χ1v) is 6.46. The second-order valence-corrected chi connectivity index (χ2v) is 4.93. The summed E-state index contributed by atoms with van der Waals surface area (Å²) in [7, 11) is 3.77. The van der Waals surface area contributed by atoms with Crippen molar-refractivity contribution in [2.24, 2.45) is 0 Å². The zero-order valence-corrected chi connectivity index (χ0v) is 11.2. The van der Waals surface area contributed by atoms with Crippen LogP contribution in [0.15, 0.2) is 18.2 Å². The second kappa shape index (κ2) is 6.07. The summed E-state index contributed by atoms with van der Waals surface area (Å²) in [5, 5.41) is 9.96. The molecule has 0 bridgehead atoms. The molecule has 0 aromatic heterocycles. The standard InChI is InChI=1S/C14H22N2O2/c1-15-6-3-7-16(9-8-15)11-12-4-5-13(18-2)10-14(12)17/h4-5,10,17H,3,6-9,11H2,1-2H3. The maximum absolute atomic E-state index is 9.96. The number of hydrogen-bond acceptors (Lipinski definition) is 4. The third kappa shape index (κ3) is 3.37. The Kier molecular flexibility index (Phi) is 4.44. The van der Waals surface area contributed by atoms with Crippen LogP contribution in [0.4, 0.5) is 0 Å². The summed E-state index contributed by atoms with van der Waals surface area (Å²) < 4.78 is 5.09. The Morgan fingerprint density at radius 2 is 2.06 bits per heavy atom. The van der Waals surface area contributed by atoms with Crippen LogP contribution in [0.2, 0.25) is 0 Å². The number of phenols is 1. The van der Waals surface area contributed by atoms with E-state index in [9.17, 15) is 5.11 Å². The van der Waals surface area contributed by atoms with Crippen molar-refractivity contribution in [3.63, 3.8) is 0 Å². The highest BCUT2D eigenvalue weighted by Crippen LogP contribution is 2.24. The van der Waals surface area contributed by atoms with Gasteiger partial charge in [0.05, 0.1) is 7.11 Å². The monoisotopic (exact) mass is 250 g/mol. The number of benzene rings is 1. The summed E-state index contributed by atoms with van der Waals surface area (Å²) >= 11 is 0. The van der Waals surface area contributed by atoms with Crippen molar-refractivity contribution in [1.82, 2.24) is 9.80 Å². The van der Waals surface area contributed by atoms with Crippen LogP contribution >= 0.6 is 0 Å². The Hall–Kier alpha value is -1.26. The Morgan fingerprint density at radius 1 is 1.22 bits per heavy atom. The van der Waals surface area contributed by atoms with Crippen LogP contribution in [0.5, 0.6) is 11.5 Å². The van der Waals surface area contributed by atoms with Gasteiger partial charge in [-0.2, -0.15) is 0 Å². The maximum atomic E-state index is 9.96. The molecule has 0 atom stereocenters. The van der Waals surface area contributed by atoms with Gasteiger partial charge in [-0.25, -0.2) is 0 Å².